The fraction of sp³-hybridized carbons (Fsp3) is 0.300. The average molecular weight is 230 g/mol. The summed E-state index contributed by atoms with van der Waals surface area (Å²) in [5.74, 6) is -1.27. The first kappa shape index (κ1) is 11.8. The van der Waals surface area contributed by atoms with Crippen LogP contribution in [0.4, 0.5) is 4.39 Å². The third kappa shape index (κ3) is 3.13. The molecule has 0 atom stereocenters. The summed E-state index contributed by atoms with van der Waals surface area (Å²) in [6.45, 7) is 0.366. The second-order valence-corrected chi connectivity index (χ2v) is 3.74. The molecule has 15 heavy (non-hydrogen) atoms. The molecule has 0 bridgehead atoms. The van der Waals surface area contributed by atoms with Gasteiger partial charge in [-0.15, -0.1) is 0 Å². The van der Waals surface area contributed by atoms with Gasteiger partial charge in [-0.1, -0.05) is 6.07 Å². The minimum Gasteiger partial charge on any atom is -0.492 e. The molecule has 3 nitrogen and oxygen atoms in total. The van der Waals surface area contributed by atoms with Crippen LogP contribution in [0.2, 0.25) is 0 Å². The van der Waals surface area contributed by atoms with Crippen molar-refractivity contribution < 1.29 is 19.0 Å². The van der Waals surface area contributed by atoms with Gasteiger partial charge in [0.25, 0.3) is 0 Å². The van der Waals surface area contributed by atoms with Crippen molar-refractivity contribution in [2.24, 2.45) is 0 Å². The van der Waals surface area contributed by atoms with Gasteiger partial charge in [0.2, 0.25) is 0 Å². The first-order chi connectivity index (χ1) is 7.16. The number of hydrogen-bond acceptors (Lipinski definition) is 3. The van der Waals surface area contributed by atoms with Crippen LogP contribution in [-0.4, -0.2) is 29.7 Å². The normalized spacial score (nSPS) is 10.0. The highest BCUT2D eigenvalue weighted by atomic mass is 32.2. The molecule has 1 rings (SSSR count). The minimum atomic E-state index is -1.31. The number of carboxylic acid groups (broad SMARTS) is 1. The van der Waals surface area contributed by atoms with Crippen molar-refractivity contribution in [2.45, 2.75) is 0 Å². The van der Waals surface area contributed by atoms with Crippen molar-refractivity contribution in [3.05, 3.63) is 29.6 Å². The molecule has 1 N–H and O–H groups in total. The van der Waals surface area contributed by atoms with Crippen LogP contribution in [-0.2, 0) is 0 Å². The first-order valence-electron chi connectivity index (χ1n) is 4.30. The Kier molecular flexibility index (Phi) is 4.42. The number of carbonyl (C=O) groups is 1. The Bertz CT molecular complexity index is 355. The number of carboxylic acids is 1. The van der Waals surface area contributed by atoms with Crippen LogP contribution in [0.25, 0.3) is 0 Å². The number of benzene rings is 1. The molecule has 0 aliphatic rings. The summed E-state index contributed by atoms with van der Waals surface area (Å²) < 4.78 is 18.3. The van der Waals surface area contributed by atoms with Crippen molar-refractivity contribution in [1.29, 1.82) is 0 Å². The molecule has 0 saturated heterocycles. The van der Waals surface area contributed by atoms with E-state index in [1.54, 1.807) is 11.8 Å². The van der Waals surface area contributed by atoms with E-state index in [0.717, 1.165) is 11.8 Å². The molecule has 0 aliphatic carbocycles. The molecule has 0 aliphatic heterocycles. The summed E-state index contributed by atoms with van der Waals surface area (Å²) in [7, 11) is 0. The quantitative estimate of drug-likeness (QED) is 0.788. The lowest BCUT2D eigenvalue weighted by Crippen LogP contribution is -2.07. The third-order valence-corrected chi connectivity index (χ3v) is 2.31. The average Bonchev–Trinajstić information content (AvgIpc) is 2.17. The maximum atomic E-state index is 13.1. The number of halogens is 1. The molecule has 0 heterocycles. The standard InChI is InChI=1S/C10H11FO3S/c1-15-6-5-14-8-4-2-3-7(11)9(8)10(12)13/h2-4H,5-6H2,1H3,(H,12,13). The Morgan fingerprint density at radius 1 is 1.60 bits per heavy atom. The molecule has 5 heteroatoms. The molecule has 0 radical (unpaired) electrons. The molecular formula is C10H11FO3S. The molecule has 0 amide bonds. The Balaban J connectivity index is 2.86. The first-order valence-corrected chi connectivity index (χ1v) is 5.69. The zero-order valence-electron chi connectivity index (χ0n) is 8.20. The fourth-order valence-electron chi connectivity index (χ4n) is 1.07. The van der Waals surface area contributed by atoms with E-state index in [4.69, 9.17) is 9.84 Å². The van der Waals surface area contributed by atoms with Crippen LogP contribution in [0.5, 0.6) is 5.75 Å². The summed E-state index contributed by atoms with van der Waals surface area (Å²) >= 11 is 1.57. The van der Waals surface area contributed by atoms with Crippen LogP contribution in [0.15, 0.2) is 18.2 Å². The van der Waals surface area contributed by atoms with Gasteiger partial charge in [0, 0.05) is 5.75 Å². The van der Waals surface area contributed by atoms with E-state index in [2.05, 4.69) is 0 Å². The van der Waals surface area contributed by atoms with E-state index in [0.29, 0.717) is 6.61 Å². The summed E-state index contributed by atoms with van der Waals surface area (Å²) in [5, 5.41) is 8.78. The van der Waals surface area contributed by atoms with Gasteiger partial charge in [-0.05, 0) is 18.4 Å². The number of thioether (sulfide) groups is 1. The third-order valence-electron chi connectivity index (χ3n) is 1.73. The van der Waals surface area contributed by atoms with Crippen molar-refractivity contribution in [3.63, 3.8) is 0 Å². The predicted octanol–water partition coefficient (Wildman–Crippen LogP) is 2.27. The highest BCUT2D eigenvalue weighted by molar-refractivity contribution is 7.98. The molecule has 0 unspecified atom stereocenters. The summed E-state index contributed by atoms with van der Waals surface area (Å²) in [5.41, 5.74) is -0.404. The van der Waals surface area contributed by atoms with Crippen molar-refractivity contribution in [1.82, 2.24) is 0 Å². The fourth-order valence-corrected chi connectivity index (χ4v) is 1.32. The smallest absolute Gasteiger partial charge is 0.342 e. The highest BCUT2D eigenvalue weighted by Gasteiger charge is 2.16. The molecule has 1 aromatic carbocycles. The van der Waals surface area contributed by atoms with Gasteiger partial charge in [0.05, 0.1) is 6.61 Å². The van der Waals surface area contributed by atoms with Crippen LogP contribution in [0, 0.1) is 5.82 Å². The van der Waals surface area contributed by atoms with E-state index in [-0.39, 0.29) is 5.75 Å². The van der Waals surface area contributed by atoms with Crippen LogP contribution >= 0.6 is 11.8 Å². The Morgan fingerprint density at radius 3 is 2.93 bits per heavy atom. The van der Waals surface area contributed by atoms with Crippen LogP contribution in [0.3, 0.4) is 0 Å². The molecular weight excluding hydrogens is 219 g/mol. The van der Waals surface area contributed by atoms with Crippen LogP contribution < -0.4 is 4.74 Å². The van der Waals surface area contributed by atoms with Gasteiger partial charge in [0.1, 0.15) is 17.1 Å². The van der Waals surface area contributed by atoms with Crippen molar-refractivity contribution in [2.75, 3.05) is 18.6 Å². The lowest BCUT2D eigenvalue weighted by Gasteiger charge is -2.08. The molecule has 1 aromatic rings. The van der Waals surface area contributed by atoms with E-state index in [9.17, 15) is 9.18 Å². The van der Waals surface area contributed by atoms with Gasteiger partial charge in [-0.3, -0.25) is 0 Å². The molecule has 82 valence electrons. The topological polar surface area (TPSA) is 46.5 Å². The van der Waals surface area contributed by atoms with E-state index < -0.39 is 17.3 Å². The van der Waals surface area contributed by atoms with Gasteiger partial charge in [0.15, 0.2) is 0 Å². The lowest BCUT2D eigenvalue weighted by molar-refractivity contribution is 0.0687. The molecule has 0 spiro atoms. The van der Waals surface area contributed by atoms with E-state index in [1.807, 2.05) is 6.26 Å². The van der Waals surface area contributed by atoms with Gasteiger partial charge in [-0.25, -0.2) is 9.18 Å². The molecule has 0 saturated carbocycles. The Morgan fingerprint density at radius 2 is 2.33 bits per heavy atom. The van der Waals surface area contributed by atoms with Gasteiger partial charge >= 0.3 is 5.97 Å². The maximum Gasteiger partial charge on any atom is 0.342 e. The molecule has 0 aromatic heterocycles. The largest absolute Gasteiger partial charge is 0.492 e. The number of ether oxygens (including phenoxy) is 1. The van der Waals surface area contributed by atoms with Gasteiger partial charge < -0.3 is 9.84 Å². The second-order valence-electron chi connectivity index (χ2n) is 2.76. The minimum absolute atomic E-state index is 0.0801. The summed E-state index contributed by atoms with van der Waals surface area (Å²) in [6, 6.07) is 3.98. The van der Waals surface area contributed by atoms with E-state index >= 15 is 0 Å². The van der Waals surface area contributed by atoms with Crippen molar-refractivity contribution >= 4 is 17.7 Å². The molecule has 0 fully saturated rings. The monoisotopic (exact) mass is 230 g/mol. The Labute approximate surface area is 91.2 Å². The Hall–Kier alpha value is -1.23. The predicted molar refractivity (Wildman–Crippen MR) is 57.2 cm³/mol. The van der Waals surface area contributed by atoms with Gasteiger partial charge in [-0.2, -0.15) is 11.8 Å². The summed E-state index contributed by atoms with van der Waals surface area (Å²) in [6.07, 6.45) is 1.91. The number of rotatable bonds is 5. The van der Waals surface area contributed by atoms with Crippen LogP contribution in [0.1, 0.15) is 10.4 Å². The highest BCUT2D eigenvalue weighted by Crippen LogP contribution is 2.21. The SMILES string of the molecule is CSCCOc1cccc(F)c1C(=O)O. The number of aromatic carboxylic acids is 1. The maximum absolute atomic E-state index is 13.1. The zero-order valence-corrected chi connectivity index (χ0v) is 9.01. The number of hydrogen-bond donors (Lipinski definition) is 1. The lowest BCUT2D eigenvalue weighted by atomic mass is 10.2. The van der Waals surface area contributed by atoms with Crippen molar-refractivity contribution in [3.8, 4) is 5.75 Å². The van der Waals surface area contributed by atoms with E-state index in [1.165, 1.54) is 12.1 Å². The summed E-state index contributed by atoms with van der Waals surface area (Å²) in [4.78, 5) is 10.8. The second kappa shape index (κ2) is 5.60. The zero-order chi connectivity index (χ0) is 11.3.